The Morgan fingerprint density at radius 2 is 1.83 bits per heavy atom. The molecule has 0 spiro atoms. The number of hydrogen-bond donors (Lipinski definition) is 2. The van der Waals surface area contributed by atoms with Gasteiger partial charge in [-0.1, -0.05) is 36.6 Å². The average Bonchev–Trinajstić information content (AvgIpc) is 3.12. The highest BCUT2D eigenvalue weighted by molar-refractivity contribution is 7.15. The number of amides is 1. The molecule has 2 atom stereocenters. The lowest BCUT2D eigenvalue weighted by molar-refractivity contribution is -0.147. The van der Waals surface area contributed by atoms with Gasteiger partial charge in [0.1, 0.15) is 10.6 Å². The summed E-state index contributed by atoms with van der Waals surface area (Å²) < 4.78 is 5.20. The first-order valence-electron chi connectivity index (χ1n) is 9.50. The number of carboxylic acid groups (broad SMARTS) is 1. The summed E-state index contributed by atoms with van der Waals surface area (Å²) >= 11 is 7.17. The van der Waals surface area contributed by atoms with Crippen LogP contribution in [0.15, 0.2) is 29.6 Å². The van der Waals surface area contributed by atoms with Crippen LogP contribution in [0.3, 0.4) is 0 Å². The molecule has 0 unspecified atom stereocenters. The standard InChI is InChI=1S/C21H22ClNO5S/c1-2-28-21(27)17-16(12-7-9-13(22)10-8-12)11-29-19(17)23-18(24)14-5-3-4-6-15(14)20(25)26/h7-11,14-15H,2-6H2,1H3,(H,23,24)(H,25,26)/t14-,15-/m1/s1. The first-order valence-corrected chi connectivity index (χ1v) is 10.8. The second kappa shape index (κ2) is 9.41. The van der Waals surface area contributed by atoms with Gasteiger partial charge >= 0.3 is 11.9 Å². The SMILES string of the molecule is CCOC(=O)c1c(-c2ccc(Cl)cc2)csc1NC(=O)[C@@H]1CCCC[C@H]1C(=O)O. The summed E-state index contributed by atoms with van der Waals surface area (Å²) in [5, 5.41) is 15.0. The van der Waals surface area contributed by atoms with Gasteiger partial charge in [-0.25, -0.2) is 4.79 Å². The number of esters is 1. The number of carboxylic acids is 1. The van der Waals surface area contributed by atoms with Crippen molar-refractivity contribution in [2.24, 2.45) is 11.8 Å². The lowest BCUT2D eigenvalue weighted by atomic mass is 9.79. The van der Waals surface area contributed by atoms with Gasteiger partial charge in [0.15, 0.2) is 0 Å². The molecule has 8 heteroatoms. The van der Waals surface area contributed by atoms with Crippen molar-refractivity contribution in [3.63, 3.8) is 0 Å². The summed E-state index contributed by atoms with van der Waals surface area (Å²) in [4.78, 5) is 37.0. The number of anilines is 1. The molecule has 2 aromatic rings. The molecule has 0 saturated heterocycles. The van der Waals surface area contributed by atoms with Crippen LogP contribution in [-0.2, 0) is 14.3 Å². The van der Waals surface area contributed by atoms with E-state index in [2.05, 4.69) is 5.32 Å². The number of thiophene rings is 1. The largest absolute Gasteiger partial charge is 0.481 e. The van der Waals surface area contributed by atoms with Crippen molar-refractivity contribution in [2.75, 3.05) is 11.9 Å². The van der Waals surface area contributed by atoms with E-state index < -0.39 is 23.8 Å². The fourth-order valence-electron chi connectivity index (χ4n) is 3.64. The minimum atomic E-state index is -0.955. The van der Waals surface area contributed by atoms with Crippen LogP contribution < -0.4 is 5.32 Å². The van der Waals surface area contributed by atoms with Crippen molar-refractivity contribution in [3.05, 3.63) is 40.2 Å². The van der Waals surface area contributed by atoms with E-state index in [9.17, 15) is 19.5 Å². The number of hydrogen-bond acceptors (Lipinski definition) is 5. The van der Waals surface area contributed by atoms with E-state index in [0.717, 1.165) is 18.4 Å². The van der Waals surface area contributed by atoms with E-state index in [-0.39, 0.29) is 18.1 Å². The molecule has 1 aliphatic rings. The van der Waals surface area contributed by atoms with Crippen LogP contribution in [0.4, 0.5) is 5.00 Å². The van der Waals surface area contributed by atoms with E-state index in [1.807, 2.05) is 0 Å². The number of rotatable bonds is 6. The smallest absolute Gasteiger partial charge is 0.341 e. The molecule has 6 nitrogen and oxygen atoms in total. The Kier molecular flexibility index (Phi) is 6.92. The quantitative estimate of drug-likeness (QED) is 0.617. The zero-order chi connectivity index (χ0) is 21.0. The van der Waals surface area contributed by atoms with Gasteiger partial charge in [-0.3, -0.25) is 9.59 Å². The van der Waals surface area contributed by atoms with Crippen LogP contribution in [0.25, 0.3) is 11.1 Å². The third-order valence-corrected chi connectivity index (χ3v) is 6.23. The average molecular weight is 436 g/mol. The highest BCUT2D eigenvalue weighted by Crippen LogP contribution is 2.38. The van der Waals surface area contributed by atoms with Gasteiger partial charge in [0.05, 0.1) is 18.4 Å². The van der Waals surface area contributed by atoms with Crippen molar-refractivity contribution in [3.8, 4) is 11.1 Å². The number of aliphatic carboxylic acids is 1. The summed E-state index contributed by atoms with van der Waals surface area (Å²) in [6.07, 6.45) is 2.62. The Morgan fingerprint density at radius 1 is 1.17 bits per heavy atom. The maximum Gasteiger partial charge on any atom is 0.341 e. The molecule has 0 bridgehead atoms. The first kappa shape index (κ1) is 21.3. The third kappa shape index (κ3) is 4.79. The molecule has 1 aromatic carbocycles. The van der Waals surface area contributed by atoms with E-state index >= 15 is 0 Å². The summed E-state index contributed by atoms with van der Waals surface area (Å²) in [5.41, 5.74) is 1.68. The van der Waals surface area contributed by atoms with E-state index in [4.69, 9.17) is 16.3 Å². The molecule has 1 aromatic heterocycles. The van der Waals surface area contributed by atoms with Gasteiger partial charge < -0.3 is 15.2 Å². The number of halogens is 1. The first-order chi connectivity index (χ1) is 13.9. The number of carbonyl (C=O) groups is 3. The Bertz CT molecular complexity index is 908. The van der Waals surface area contributed by atoms with Crippen LogP contribution in [0.5, 0.6) is 0 Å². The molecule has 1 heterocycles. The molecular weight excluding hydrogens is 414 g/mol. The fraction of sp³-hybridized carbons (Fsp3) is 0.381. The summed E-state index contributed by atoms with van der Waals surface area (Å²) in [7, 11) is 0. The van der Waals surface area contributed by atoms with Crippen molar-refractivity contribution in [2.45, 2.75) is 32.6 Å². The maximum absolute atomic E-state index is 12.9. The molecule has 29 heavy (non-hydrogen) atoms. The second-order valence-electron chi connectivity index (χ2n) is 6.91. The number of ether oxygens (including phenoxy) is 1. The second-order valence-corrected chi connectivity index (χ2v) is 8.22. The van der Waals surface area contributed by atoms with Crippen molar-refractivity contribution < 1.29 is 24.2 Å². The predicted molar refractivity (Wildman–Crippen MR) is 112 cm³/mol. The van der Waals surface area contributed by atoms with Crippen molar-refractivity contribution in [1.82, 2.24) is 0 Å². The molecule has 154 valence electrons. The molecule has 2 N–H and O–H groups in total. The van der Waals surface area contributed by atoms with Crippen LogP contribution in [0, 0.1) is 11.8 Å². The van der Waals surface area contributed by atoms with Crippen LogP contribution >= 0.6 is 22.9 Å². The normalized spacial score (nSPS) is 18.8. The topological polar surface area (TPSA) is 92.7 Å². The Labute approximate surface area is 177 Å². The molecule has 0 radical (unpaired) electrons. The van der Waals surface area contributed by atoms with Crippen LogP contribution in [0.1, 0.15) is 43.0 Å². The molecule has 1 amide bonds. The summed E-state index contributed by atoms with van der Waals surface area (Å²) in [5.74, 6) is -3.18. The highest BCUT2D eigenvalue weighted by atomic mass is 35.5. The zero-order valence-corrected chi connectivity index (χ0v) is 17.5. The molecular formula is C21H22ClNO5S. The van der Waals surface area contributed by atoms with E-state index in [1.54, 1.807) is 36.6 Å². The summed E-state index contributed by atoms with van der Waals surface area (Å²) in [6, 6.07) is 7.03. The van der Waals surface area contributed by atoms with E-state index in [0.29, 0.717) is 28.4 Å². The van der Waals surface area contributed by atoms with Crippen LogP contribution in [-0.4, -0.2) is 29.6 Å². The lowest BCUT2D eigenvalue weighted by Crippen LogP contribution is -2.36. The highest BCUT2D eigenvalue weighted by Gasteiger charge is 2.36. The number of nitrogens with one attached hydrogen (secondary N) is 1. The maximum atomic E-state index is 12.9. The Balaban J connectivity index is 1.92. The van der Waals surface area contributed by atoms with Gasteiger partial charge in [0, 0.05) is 16.0 Å². The third-order valence-electron chi connectivity index (χ3n) is 5.08. The Morgan fingerprint density at radius 3 is 2.45 bits per heavy atom. The van der Waals surface area contributed by atoms with Gasteiger partial charge in [0.2, 0.25) is 5.91 Å². The van der Waals surface area contributed by atoms with Crippen molar-refractivity contribution >= 4 is 45.8 Å². The van der Waals surface area contributed by atoms with Crippen molar-refractivity contribution in [1.29, 1.82) is 0 Å². The van der Waals surface area contributed by atoms with Gasteiger partial charge in [-0.05, 0) is 37.5 Å². The number of carbonyl (C=O) groups excluding carboxylic acids is 2. The minimum absolute atomic E-state index is 0.200. The van der Waals surface area contributed by atoms with Gasteiger partial charge in [-0.15, -0.1) is 11.3 Å². The van der Waals surface area contributed by atoms with E-state index in [1.165, 1.54) is 11.3 Å². The lowest BCUT2D eigenvalue weighted by Gasteiger charge is -2.27. The Hall–Kier alpha value is -2.38. The zero-order valence-electron chi connectivity index (χ0n) is 15.9. The minimum Gasteiger partial charge on any atom is -0.481 e. The molecule has 0 aliphatic heterocycles. The number of benzene rings is 1. The molecule has 1 fully saturated rings. The summed E-state index contributed by atoms with van der Waals surface area (Å²) in [6.45, 7) is 1.91. The fourth-order valence-corrected chi connectivity index (χ4v) is 4.73. The molecule has 1 aliphatic carbocycles. The van der Waals surface area contributed by atoms with Gasteiger partial charge in [0.25, 0.3) is 0 Å². The van der Waals surface area contributed by atoms with Crippen LogP contribution in [0.2, 0.25) is 5.02 Å². The predicted octanol–water partition coefficient (Wildman–Crippen LogP) is 5.07. The van der Waals surface area contributed by atoms with Gasteiger partial charge in [-0.2, -0.15) is 0 Å². The molecule has 3 rings (SSSR count). The molecule has 1 saturated carbocycles. The monoisotopic (exact) mass is 435 g/mol.